The number of amides is 1. The third-order valence-electron chi connectivity index (χ3n) is 2.77. The number of nitriles is 1. The molecule has 1 aliphatic rings. The van der Waals surface area contributed by atoms with Gasteiger partial charge in [-0.3, -0.25) is 4.79 Å². The van der Waals surface area contributed by atoms with Crippen molar-refractivity contribution in [1.82, 2.24) is 0 Å². The minimum atomic E-state index is -0.297. The highest BCUT2D eigenvalue weighted by molar-refractivity contribution is 5.95. The van der Waals surface area contributed by atoms with E-state index >= 15 is 0 Å². The number of anilines is 1. The molecule has 3 nitrogen and oxygen atoms in total. The number of halogens is 1. The molecule has 0 saturated heterocycles. The largest absolute Gasteiger partial charge is 0.326 e. The first-order valence-corrected chi connectivity index (χ1v) is 5.17. The number of hydrogen-bond donors (Lipinski definition) is 1. The van der Waals surface area contributed by atoms with Gasteiger partial charge in [0.2, 0.25) is 5.91 Å². The molecule has 2 rings (SSSR count). The molecule has 1 aromatic rings. The molecule has 0 fully saturated rings. The monoisotopic (exact) mass is 218 g/mol. The van der Waals surface area contributed by atoms with E-state index in [1.165, 1.54) is 12.1 Å². The zero-order chi connectivity index (χ0) is 11.5. The normalized spacial score (nSPS) is 18.5. The van der Waals surface area contributed by atoms with Crippen molar-refractivity contribution in [3.63, 3.8) is 0 Å². The van der Waals surface area contributed by atoms with Gasteiger partial charge in [-0.05, 0) is 36.6 Å². The van der Waals surface area contributed by atoms with Crippen molar-refractivity contribution in [3.05, 3.63) is 29.6 Å². The van der Waals surface area contributed by atoms with Gasteiger partial charge in [0.05, 0.1) is 6.07 Å². The molecule has 1 aromatic carbocycles. The van der Waals surface area contributed by atoms with Crippen LogP contribution in [0.4, 0.5) is 10.1 Å². The Bertz CT molecular complexity index is 465. The molecule has 1 atom stereocenters. The van der Waals surface area contributed by atoms with Crippen LogP contribution in [0.5, 0.6) is 0 Å². The van der Waals surface area contributed by atoms with Crippen LogP contribution >= 0.6 is 0 Å². The minimum Gasteiger partial charge on any atom is -0.326 e. The third-order valence-corrected chi connectivity index (χ3v) is 2.77. The molecule has 0 radical (unpaired) electrons. The average molecular weight is 218 g/mol. The Morgan fingerprint density at radius 3 is 3.12 bits per heavy atom. The highest BCUT2D eigenvalue weighted by Gasteiger charge is 2.25. The molecule has 1 amide bonds. The fourth-order valence-corrected chi connectivity index (χ4v) is 1.92. The fraction of sp³-hybridized carbons (Fsp3) is 0.333. The molecule has 1 heterocycles. The second-order valence-electron chi connectivity index (χ2n) is 3.89. The maximum absolute atomic E-state index is 13.0. The van der Waals surface area contributed by atoms with E-state index in [0.29, 0.717) is 24.9 Å². The van der Waals surface area contributed by atoms with Crippen molar-refractivity contribution in [2.75, 3.05) is 5.32 Å². The number of benzene rings is 1. The van der Waals surface area contributed by atoms with Gasteiger partial charge < -0.3 is 5.32 Å². The summed E-state index contributed by atoms with van der Waals surface area (Å²) < 4.78 is 13.0. The molecule has 0 saturated carbocycles. The van der Waals surface area contributed by atoms with Gasteiger partial charge in [-0.15, -0.1) is 0 Å². The van der Waals surface area contributed by atoms with Crippen molar-refractivity contribution in [2.24, 2.45) is 5.92 Å². The molecule has 0 bridgehead atoms. The van der Waals surface area contributed by atoms with E-state index in [1.54, 1.807) is 6.07 Å². The fourth-order valence-electron chi connectivity index (χ4n) is 1.92. The van der Waals surface area contributed by atoms with Crippen LogP contribution in [0.25, 0.3) is 0 Å². The van der Waals surface area contributed by atoms with Crippen molar-refractivity contribution in [1.29, 1.82) is 5.26 Å². The van der Waals surface area contributed by atoms with Crippen molar-refractivity contribution in [3.8, 4) is 6.07 Å². The summed E-state index contributed by atoms with van der Waals surface area (Å²) in [6.45, 7) is 0. The van der Waals surface area contributed by atoms with Gasteiger partial charge in [0.15, 0.2) is 0 Å². The Morgan fingerprint density at radius 1 is 1.56 bits per heavy atom. The summed E-state index contributed by atoms with van der Waals surface area (Å²) in [6.07, 6.45) is 1.39. The second kappa shape index (κ2) is 4.31. The van der Waals surface area contributed by atoms with Gasteiger partial charge in [0.1, 0.15) is 5.82 Å². The first-order valence-electron chi connectivity index (χ1n) is 5.17. The summed E-state index contributed by atoms with van der Waals surface area (Å²) in [6, 6.07) is 6.36. The number of rotatable bonds is 2. The molecule has 16 heavy (non-hydrogen) atoms. The van der Waals surface area contributed by atoms with Crippen molar-refractivity contribution >= 4 is 11.6 Å². The maximum atomic E-state index is 13.0. The number of carbonyl (C=O) groups excluding carboxylic acids is 1. The van der Waals surface area contributed by atoms with Gasteiger partial charge >= 0.3 is 0 Å². The number of nitrogens with one attached hydrogen (secondary N) is 1. The highest BCUT2D eigenvalue weighted by Crippen LogP contribution is 2.28. The van der Waals surface area contributed by atoms with Gasteiger partial charge in [-0.25, -0.2) is 4.39 Å². The van der Waals surface area contributed by atoms with Crippen LogP contribution in [0.3, 0.4) is 0 Å². The first kappa shape index (κ1) is 10.6. The summed E-state index contributed by atoms with van der Waals surface area (Å²) in [4.78, 5) is 11.6. The first-order chi connectivity index (χ1) is 7.70. The van der Waals surface area contributed by atoms with Crippen LogP contribution < -0.4 is 5.32 Å². The molecule has 1 unspecified atom stereocenters. The van der Waals surface area contributed by atoms with E-state index in [4.69, 9.17) is 5.26 Å². The topological polar surface area (TPSA) is 52.9 Å². The van der Waals surface area contributed by atoms with E-state index < -0.39 is 0 Å². The number of fused-ring (bicyclic) bond motifs is 1. The number of nitrogens with zero attached hydrogens (tertiary/aromatic N) is 1. The summed E-state index contributed by atoms with van der Waals surface area (Å²) in [5.41, 5.74) is 1.49. The van der Waals surface area contributed by atoms with Crippen molar-refractivity contribution < 1.29 is 9.18 Å². The molecule has 1 N–H and O–H groups in total. The molecular formula is C12H11FN2O. The lowest BCUT2D eigenvalue weighted by atomic mass is 9.90. The minimum absolute atomic E-state index is 0.0747. The Labute approximate surface area is 92.9 Å². The molecule has 0 spiro atoms. The van der Waals surface area contributed by atoms with Crippen LogP contribution in [0.1, 0.15) is 18.4 Å². The van der Waals surface area contributed by atoms with Gasteiger partial charge in [-0.1, -0.05) is 0 Å². The Morgan fingerprint density at radius 2 is 2.38 bits per heavy atom. The lowest BCUT2D eigenvalue weighted by Gasteiger charge is -2.23. The zero-order valence-corrected chi connectivity index (χ0v) is 8.66. The molecule has 0 aromatic heterocycles. The maximum Gasteiger partial charge on any atom is 0.227 e. The second-order valence-corrected chi connectivity index (χ2v) is 3.89. The van der Waals surface area contributed by atoms with Crippen molar-refractivity contribution in [2.45, 2.75) is 19.3 Å². The molecular weight excluding hydrogens is 207 g/mol. The van der Waals surface area contributed by atoms with E-state index in [-0.39, 0.29) is 17.6 Å². The highest BCUT2D eigenvalue weighted by atomic mass is 19.1. The van der Waals surface area contributed by atoms with Crippen LogP contribution in [0.15, 0.2) is 18.2 Å². The van der Waals surface area contributed by atoms with E-state index in [1.807, 2.05) is 6.07 Å². The summed E-state index contributed by atoms with van der Waals surface area (Å²) in [5, 5.41) is 11.2. The average Bonchev–Trinajstić information content (AvgIpc) is 2.27. The molecule has 82 valence electrons. The van der Waals surface area contributed by atoms with Crippen LogP contribution in [-0.2, 0) is 11.2 Å². The summed E-state index contributed by atoms with van der Waals surface area (Å²) in [5.74, 6) is -0.586. The predicted molar refractivity (Wildman–Crippen MR) is 57.1 cm³/mol. The van der Waals surface area contributed by atoms with Crippen LogP contribution in [0.2, 0.25) is 0 Å². The third kappa shape index (κ3) is 2.03. The lowest BCUT2D eigenvalue weighted by molar-refractivity contribution is -0.120. The standard InChI is InChI=1S/C12H11FN2O/c13-10-3-4-11-9(7-10)6-8(2-1-5-14)12(16)15-11/h3-4,7-8H,1-2,6H2,(H,15,16). The van der Waals surface area contributed by atoms with Gasteiger partial charge in [0.25, 0.3) is 0 Å². The molecule has 0 aliphatic carbocycles. The summed E-state index contributed by atoms with van der Waals surface area (Å²) >= 11 is 0. The number of carbonyl (C=O) groups is 1. The predicted octanol–water partition coefficient (Wildman–Crippen LogP) is 2.24. The quantitative estimate of drug-likeness (QED) is 0.827. The van der Waals surface area contributed by atoms with Crippen LogP contribution in [0, 0.1) is 23.1 Å². The molecule has 4 heteroatoms. The smallest absolute Gasteiger partial charge is 0.227 e. The van der Waals surface area contributed by atoms with Crippen LogP contribution in [-0.4, -0.2) is 5.91 Å². The van der Waals surface area contributed by atoms with E-state index in [9.17, 15) is 9.18 Å². The zero-order valence-electron chi connectivity index (χ0n) is 8.66. The SMILES string of the molecule is N#CCCC1Cc2cc(F)ccc2NC1=O. The Hall–Kier alpha value is -1.89. The Kier molecular flexibility index (Phi) is 2.86. The lowest BCUT2D eigenvalue weighted by Crippen LogP contribution is -2.29. The van der Waals surface area contributed by atoms with Gasteiger partial charge in [-0.2, -0.15) is 5.26 Å². The van der Waals surface area contributed by atoms with E-state index in [2.05, 4.69) is 5.32 Å². The van der Waals surface area contributed by atoms with E-state index in [0.717, 1.165) is 5.56 Å². The molecule has 1 aliphatic heterocycles. The summed E-state index contributed by atoms with van der Waals surface area (Å²) in [7, 11) is 0. The number of hydrogen-bond acceptors (Lipinski definition) is 2. The Balaban J connectivity index is 2.20. The van der Waals surface area contributed by atoms with Gasteiger partial charge in [0, 0.05) is 18.0 Å².